The van der Waals surface area contributed by atoms with E-state index in [2.05, 4.69) is 43.7 Å². The van der Waals surface area contributed by atoms with Crippen LogP contribution in [0.25, 0.3) is 10.9 Å². The first-order valence-electron chi connectivity index (χ1n) is 6.87. The van der Waals surface area contributed by atoms with Crippen molar-refractivity contribution < 1.29 is 5.11 Å². The van der Waals surface area contributed by atoms with Crippen LogP contribution in [0.3, 0.4) is 0 Å². The van der Waals surface area contributed by atoms with Crippen molar-refractivity contribution in [1.82, 2.24) is 4.57 Å². The van der Waals surface area contributed by atoms with E-state index in [1.165, 1.54) is 34.0 Å². The van der Waals surface area contributed by atoms with Crippen LogP contribution in [0.1, 0.15) is 36.5 Å². The number of rotatable bonds is 5. The third-order valence-electron chi connectivity index (χ3n) is 3.58. The maximum absolute atomic E-state index is 9.02. The van der Waals surface area contributed by atoms with Gasteiger partial charge in [0.1, 0.15) is 0 Å². The number of hydrogen-bond acceptors (Lipinski definition) is 1. The van der Waals surface area contributed by atoms with Gasteiger partial charge in [-0.05, 0) is 43.4 Å². The summed E-state index contributed by atoms with van der Waals surface area (Å²) >= 11 is 0. The van der Waals surface area contributed by atoms with E-state index in [1.54, 1.807) is 0 Å². The predicted octanol–water partition coefficient (Wildman–Crippen LogP) is 3.59. The van der Waals surface area contributed by atoms with Crippen LogP contribution in [-0.2, 0) is 13.0 Å². The minimum atomic E-state index is 0.258. The summed E-state index contributed by atoms with van der Waals surface area (Å²) < 4.78 is 2.32. The fourth-order valence-corrected chi connectivity index (χ4v) is 2.77. The average molecular weight is 245 g/mol. The van der Waals surface area contributed by atoms with E-state index < -0.39 is 0 Å². The van der Waals surface area contributed by atoms with Gasteiger partial charge in [0, 0.05) is 24.7 Å². The number of aryl methyl sites for hydroxylation is 4. The second-order valence-corrected chi connectivity index (χ2v) is 5.10. The standard InChI is InChI=1S/C16H23NO/c1-4-6-14-11-17(9-5-10-18)16-13(3)8-7-12(2)15(14)16/h7-8,11,18H,4-6,9-10H2,1-3H3. The Morgan fingerprint density at radius 1 is 1.17 bits per heavy atom. The molecule has 0 radical (unpaired) electrons. The van der Waals surface area contributed by atoms with Gasteiger partial charge in [-0.2, -0.15) is 0 Å². The summed E-state index contributed by atoms with van der Waals surface area (Å²) in [5.74, 6) is 0. The van der Waals surface area contributed by atoms with Crippen molar-refractivity contribution in [1.29, 1.82) is 0 Å². The van der Waals surface area contributed by atoms with E-state index >= 15 is 0 Å². The second kappa shape index (κ2) is 5.57. The van der Waals surface area contributed by atoms with E-state index in [0.29, 0.717) is 0 Å². The molecule has 0 saturated carbocycles. The van der Waals surface area contributed by atoms with Crippen molar-refractivity contribution in [3.05, 3.63) is 35.0 Å². The highest BCUT2D eigenvalue weighted by atomic mass is 16.3. The van der Waals surface area contributed by atoms with Crippen LogP contribution in [0.5, 0.6) is 0 Å². The van der Waals surface area contributed by atoms with E-state index in [-0.39, 0.29) is 6.61 Å². The van der Waals surface area contributed by atoms with Crippen molar-refractivity contribution in [2.75, 3.05) is 6.61 Å². The molecular weight excluding hydrogens is 222 g/mol. The van der Waals surface area contributed by atoms with Crippen molar-refractivity contribution in [3.63, 3.8) is 0 Å². The Labute approximate surface area is 109 Å². The van der Waals surface area contributed by atoms with Crippen molar-refractivity contribution >= 4 is 10.9 Å². The number of benzene rings is 1. The Morgan fingerprint density at radius 3 is 2.56 bits per heavy atom. The maximum atomic E-state index is 9.02. The lowest BCUT2D eigenvalue weighted by atomic mass is 10.0. The largest absolute Gasteiger partial charge is 0.396 e. The Bertz CT molecular complexity index is 540. The summed E-state index contributed by atoms with van der Waals surface area (Å²) in [6.07, 6.45) is 5.41. The van der Waals surface area contributed by atoms with Gasteiger partial charge in [0.15, 0.2) is 0 Å². The number of aromatic nitrogens is 1. The molecule has 0 amide bonds. The van der Waals surface area contributed by atoms with Gasteiger partial charge in [-0.25, -0.2) is 0 Å². The van der Waals surface area contributed by atoms with Crippen LogP contribution < -0.4 is 0 Å². The molecule has 0 spiro atoms. The molecule has 0 saturated heterocycles. The molecule has 2 heteroatoms. The summed E-state index contributed by atoms with van der Waals surface area (Å²) in [6, 6.07) is 4.41. The minimum Gasteiger partial charge on any atom is -0.396 e. The molecule has 2 aromatic rings. The monoisotopic (exact) mass is 245 g/mol. The molecule has 2 nitrogen and oxygen atoms in total. The van der Waals surface area contributed by atoms with E-state index in [1.807, 2.05) is 0 Å². The number of nitrogens with zero attached hydrogens (tertiary/aromatic N) is 1. The first-order chi connectivity index (χ1) is 8.69. The van der Waals surface area contributed by atoms with Gasteiger partial charge in [-0.3, -0.25) is 0 Å². The zero-order chi connectivity index (χ0) is 13.1. The maximum Gasteiger partial charge on any atom is 0.0515 e. The number of aliphatic hydroxyl groups is 1. The molecule has 1 N–H and O–H groups in total. The summed E-state index contributed by atoms with van der Waals surface area (Å²) in [4.78, 5) is 0. The molecule has 18 heavy (non-hydrogen) atoms. The normalized spacial score (nSPS) is 11.3. The lowest BCUT2D eigenvalue weighted by Gasteiger charge is -2.07. The van der Waals surface area contributed by atoms with Gasteiger partial charge in [0.2, 0.25) is 0 Å². The molecule has 1 heterocycles. The fourth-order valence-electron chi connectivity index (χ4n) is 2.77. The Kier molecular flexibility index (Phi) is 4.07. The summed E-state index contributed by atoms with van der Waals surface area (Å²) in [5.41, 5.74) is 5.50. The summed E-state index contributed by atoms with van der Waals surface area (Å²) in [5, 5.41) is 10.4. The zero-order valence-corrected chi connectivity index (χ0v) is 11.7. The molecule has 0 aliphatic rings. The van der Waals surface area contributed by atoms with E-state index in [4.69, 9.17) is 5.11 Å². The van der Waals surface area contributed by atoms with Crippen molar-refractivity contribution in [3.8, 4) is 0 Å². The number of aliphatic hydroxyl groups excluding tert-OH is 1. The molecule has 0 aliphatic carbocycles. The predicted molar refractivity (Wildman–Crippen MR) is 77.1 cm³/mol. The molecule has 0 fully saturated rings. The van der Waals surface area contributed by atoms with Gasteiger partial charge in [0.05, 0.1) is 5.52 Å². The van der Waals surface area contributed by atoms with Crippen LogP contribution in [0.15, 0.2) is 18.3 Å². The second-order valence-electron chi connectivity index (χ2n) is 5.10. The van der Waals surface area contributed by atoms with Crippen molar-refractivity contribution in [2.45, 2.75) is 46.6 Å². The third-order valence-corrected chi connectivity index (χ3v) is 3.58. The lowest BCUT2D eigenvalue weighted by Crippen LogP contribution is -1.99. The van der Waals surface area contributed by atoms with Crippen LogP contribution in [0.2, 0.25) is 0 Å². The van der Waals surface area contributed by atoms with Gasteiger partial charge in [-0.15, -0.1) is 0 Å². The summed E-state index contributed by atoms with van der Waals surface area (Å²) in [7, 11) is 0. The average Bonchev–Trinajstić information content (AvgIpc) is 2.72. The quantitative estimate of drug-likeness (QED) is 0.855. The Balaban J connectivity index is 2.60. The first kappa shape index (κ1) is 13.2. The van der Waals surface area contributed by atoms with E-state index in [9.17, 15) is 0 Å². The highest BCUT2D eigenvalue weighted by molar-refractivity contribution is 5.89. The van der Waals surface area contributed by atoms with Gasteiger partial charge in [-0.1, -0.05) is 25.5 Å². The third kappa shape index (κ3) is 2.30. The molecule has 1 aromatic heterocycles. The number of fused-ring (bicyclic) bond motifs is 1. The van der Waals surface area contributed by atoms with Crippen LogP contribution in [0, 0.1) is 13.8 Å². The lowest BCUT2D eigenvalue weighted by molar-refractivity contribution is 0.280. The number of hydrogen-bond donors (Lipinski definition) is 1. The fraction of sp³-hybridized carbons (Fsp3) is 0.500. The molecule has 0 bridgehead atoms. The molecule has 0 atom stereocenters. The molecule has 1 aromatic carbocycles. The van der Waals surface area contributed by atoms with Gasteiger partial charge >= 0.3 is 0 Å². The molecule has 0 aliphatic heterocycles. The molecule has 0 unspecified atom stereocenters. The van der Waals surface area contributed by atoms with Crippen LogP contribution in [-0.4, -0.2) is 16.3 Å². The smallest absolute Gasteiger partial charge is 0.0515 e. The topological polar surface area (TPSA) is 25.2 Å². The first-order valence-corrected chi connectivity index (χ1v) is 6.87. The van der Waals surface area contributed by atoms with Gasteiger partial charge in [0.25, 0.3) is 0 Å². The molecular formula is C16H23NO. The minimum absolute atomic E-state index is 0.258. The zero-order valence-electron chi connectivity index (χ0n) is 11.7. The molecule has 2 rings (SSSR count). The van der Waals surface area contributed by atoms with Crippen LogP contribution >= 0.6 is 0 Å². The van der Waals surface area contributed by atoms with Crippen molar-refractivity contribution in [2.24, 2.45) is 0 Å². The Hall–Kier alpha value is -1.28. The molecule has 98 valence electrons. The van der Waals surface area contributed by atoms with Gasteiger partial charge < -0.3 is 9.67 Å². The van der Waals surface area contributed by atoms with Crippen LogP contribution in [0.4, 0.5) is 0 Å². The van der Waals surface area contributed by atoms with E-state index in [0.717, 1.165) is 19.4 Å². The Morgan fingerprint density at radius 2 is 1.89 bits per heavy atom. The highest BCUT2D eigenvalue weighted by Crippen LogP contribution is 2.28. The SMILES string of the molecule is CCCc1cn(CCCO)c2c(C)ccc(C)c12. The summed E-state index contributed by atoms with van der Waals surface area (Å²) in [6.45, 7) is 7.75. The highest BCUT2D eigenvalue weighted by Gasteiger charge is 2.11.